The number of anilines is 1. The fourth-order valence-corrected chi connectivity index (χ4v) is 3.17. The van der Waals surface area contributed by atoms with Crippen LogP contribution in [-0.4, -0.2) is 39.0 Å². The fraction of sp³-hybridized carbons (Fsp3) is 0.571. The molecule has 0 aliphatic carbocycles. The summed E-state index contributed by atoms with van der Waals surface area (Å²) in [5, 5.41) is 8.59. The van der Waals surface area contributed by atoms with Gasteiger partial charge in [-0.3, -0.25) is 0 Å². The molecule has 1 aliphatic heterocycles. The maximum absolute atomic E-state index is 11.4. The van der Waals surface area contributed by atoms with Crippen molar-refractivity contribution in [1.82, 2.24) is 4.90 Å². The van der Waals surface area contributed by atoms with E-state index in [1.807, 2.05) is 6.07 Å². The quantitative estimate of drug-likeness (QED) is 0.885. The smallest absolute Gasteiger partial charge is 0.238 e. The van der Waals surface area contributed by atoms with E-state index in [-0.39, 0.29) is 4.90 Å². The van der Waals surface area contributed by atoms with Gasteiger partial charge in [0.15, 0.2) is 0 Å². The van der Waals surface area contributed by atoms with Crippen molar-refractivity contribution in [2.75, 3.05) is 25.0 Å². The van der Waals surface area contributed by atoms with E-state index in [0.29, 0.717) is 6.04 Å². The lowest BCUT2D eigenvalue weighted by Crippen LogP contribution is -2.26. The highest BCUT2D eigenvalue weighted by molar-refractivity contribution is 7.89. The van der Waals surface area contributed by atoms with Crippen molar-refractivity contribution in [3.63, 3.8) is 0 Å². The molecule has 1 fully saturated rings. The number of sulfonamides is 1. The number of hydrogen-bond donors (Lipinski definition) is 2. The Balaban J connectivity index is 2.03. The van der Waals surface area contributed by atoms with Crippen LogP contribution in [0.5, 0.6) is 0 Å². The first kappa shape index (κ1) is 15.3. The molecule has 112 valence electrons. The van der Waals surface area contributed by atoms with E-state index in [1.165, 1.54) is 12.5 Å². The molecule has 1 aliphatic rings. The van der Waals surface area contributed by atoms with E-state index in [1.54, 1.807) is 12.1 Å². The minimum absolute atomic E-state index is 0.159. The number of nitrogens with two attached hydrogens (primary N) is 1. The average Bonchev–Trinajstić information content (AvgIpc) is 2.63. The Labute approximate surface area is 121 Å². The molecule has 20 heavy (non-hydrogen) atoms. The van der Waals surface area contributed by atoms with Crippen molar-refractivity contribution < 1.29 is 8.42 Å². The van der Waals surface area contributed by atoms with Gasteiger partial charge in [-0.15, -0.1) is 0 Å². The molecule has 1 aromatic rings. The summed E-state index contributed by atoms with van der Waals surface area (Å²) >= 11 is 0. The Morgan fingerprint density at radius 2 is 2.15 bits per heavy atom. The molecule has 0 bridgehead atoms. The van der Waals surface area contributed by atoms with Gasteiger partial charge in [0.25, 0.3) is 0 Å². The Bertz CT molecular complexity index is 545. The summed E-state index contributed by atoms with van der Waals surface area (Å²) in [6, 6.07) is 7.13. The van der Waals surface area contributed by atoms with E-state index < -0.39 is 10.0 Å². The van der Waals surface area contributed by atoms with E-state index in [4.69, 9.17) is 5.14 Å². The van der Waals surface area contributed by atoms with Crippen molar-refractivity contribution in [2.45, 2.75) is 37.1 Å². The second-order valence-electron chi connectivity index (χ2n) is 5.28. The number of likely N-dealkylation sites (tertiary alicyclic amines) is 1. The van der Waals surface area contributed by atoms with Crippen LogP contribution in [0.3, 0.4) is 0 Å². The maximum Gasteiger partial charge on any atom is 0.238 e. The predicted octanol–water partition coefficient (Wildman–Crippen LogP) is 1.62. The van der Waals surface area contributed by atoms with Gasteiger partial charge in [0.05, 0.1) is 4.90 Å². The molecule has 1 saturated heterocycles. The highest BCUT2D eigenvalue weighted by Gasteiger charge is 2.16. The summed E-state index contributed by atoms with van der Waals surface area (Å²) in [5.74, 6) is 0. The molecule has 0 amide bonds. The fourth-order valence-electron chi connectivity index (χ4n) is 2.61. The zero-order valence-electron chi connectivity index (χ0n) is 11.9. The van der Waals surface area contributed by atoms with Crippen LogP contribution in [0.1, 0.15) is 26.2 Å². The Kier molecular flexibility index (Phi) is 5.01. The molecule has 5 nitrogen and oxygen atoms in total. The molecule has 3 N–H and O–H groups in total. The van der Waals surface area contributed by atoms with Gasteiger partial charge < -0.3 is 10.2 Å². The van der Waals surface area contributed by atoms with Gasteiger partial charge in [-0.25, -0.2) is 13.6 Å². The number of primary sulfonamides is 1. The molecule has 2 rings (SSSR count). The molecule has 0 saturated carbocycles. The summed E-state index contributed by atoms with van der Waals surface area (Å²) < 4.78 is 22.7. The molecule has 1 unspecified atom stereocenters. The van der Waals surface area contributed by atoms with Gasteiger partial charge in [0.1, 0.15) is 0 Å². The SMILES string of the molecule is CCN1CCCC(Nc2cccc(S(N)(=O)=O)c2)CC1. The van der Waals surface area contributed by atoms with Gasteiger partial charge >= 0.3 is 0 Å². The minimum Gasteiger partial charge on any atom is -0.382 e. The third-order valence-electron chi connectivity index (χ3n) is 3.80. The Morgan fingerprint density at radius 1 is 1.35 bits per heavy atom. The van der Waals surface area contributed by atoms with Crippen molar-refractivity contribution >= 4 is 15.7 Å². The second-order valence-corrected chi connectivity index (χ2v) is 6.84. The molecule has 1 atom stereocenters. The van der Waals surface area contributed by atoms with Crippen LogP contribution >= 0.6 is 0 Å². The molecule has 0 spiro atoms. The van der Waals surface area contributed by atoms with Crippen LogP contribution < -0.4 is 10.5 Å². The van der Waals surface area contributed by atoms with E-state index in [9.17, 15) is 8.42 Å². The van der Waals surface area contributed by atoms with Gasteiger partial charge in [-0.1, -0.05) is 13.0 Å². The van der Waals surface area contributed by atoms with Crippen molar-refractivity contribution in [3.8, 4) is 0 Å². The number of benzene rings is 1. The predicted molar refractivity (Wildman–Crippen MR) is 81.2 cm³/mol. The second kappa shape index (κ2) is 6.56. The third kappa shape index (κ3) is 4.19. The Hall–Kier alpha value is -1.11. The zero-order valence-corrected chi connectivity index (χ0v) is 12.7. The van der Waals surface area contributed by atoms with Crippen LogP contribution in [0.15, 0.2) is 29.2 Å². The normalized spacial score (nSPS) is 21.4. The van der Waals surface area contributed by atoms with Crippen LogP contribution in [0, 0.1) is 0 Å². The number of nitrogens with one attached hydrogen (secondary N) is 1. The lowest BCUT2D eigenvalue weighted by atomic mass is 10.1. The maximum atomic E-state index is 11.4. The first-order chi connectivity index (χ1) is 9.49. The first-order valence-electron chi connectivity index (χ1n) is 7.11. The minimum atomic E-state index is -3.63. The van der Waals surface area contributed by atoms with Gasteiger partial charge in [0, 0.05) is 18.3 Å². The standard InChI is InChI=1S/C14H23N3O2S/c1-2-17-9-4-6-12(8-10-17)16-13-5-3-7-14(11-13)20(15,18)19/h3,5,7,11-12,16H,2,4,6,8-10H2,1H3,(H2,15,18,19). The van der Waals surface area contributed by atoms with Crippen LogP contribution in [-0.2, 0) is 10.0 Å². The summed E-state index contributed by atoms with van der Waals surface area (Å²) in [6.07, 6.45) is 3.35. The van der Waals surface area contributed by atoms with E-state index in [0.717, 1.165) is 38.2 Å². The molecule has 0 radical (unpaired) electrons. The van der Waals surface area contributed by atoms with Crippen molar-refractivity contribution in [2.24, 2.45) is 5.14 Å². The number of hydrogen-bond acceptors (Lipinski definition) is 4. The summed E-state index contributed by atoms with van der Waals surface area (Å²) in [4.78, 5) is 2.61. The lowest BCUT2D eigenvalue weighted by Gasteiger charge is -2.19. The third-order valence-corrected chi connectivity index (χ3v) is 4.71. The zero-order chi connectivity index (χ0) is 14.6. The van der Waals surface area contributed by atoms with E-state index >= 15 is 0 Å². The van der Waals surface area contributed by atoms with Gasteiger partial charge in [-0.2, -0.15) is 0 Å². The van der Waals surface area contributed by atoms with E-state index in [2.05, 4.69) is 17.1 Å². The van der Waals surface area contributed by atoms with Gasteiger partial charge in [0.2, 0.25) is 10.0 Å². The van der Waals surface area contributed by atoms with Crippen LogP contribution in [0.4, 0.5) is 5.69 Å². The van der Waals surface area contributed by atoms with Crippen LogP contribution in [0.25, 0.3) is 0 Å². The molecule has 1 heterocycles. The summed E-state index contributed by atoms with van der Waals surface area (Å²) in [5.41, 5.74) is 0.825. The number of nitrogens with zero attached hydrogens (tertiary/aromatic N) is 1. The average molecular weight is 297 g/mol. The Morgan fingerprint density at radius 3 is 2.85 bits per heavy atom. The van der Waals surface area contributed by atoms with Crippen molar-refractivity contribution in [1.29, 1.82) is 0 Å². The van der Waals surface area contributed by atoms with Crippen molar-refractivity contribution in [3.05, 3.63) is 24.3 Å². The molecule has 0 aromatic heterocycles. The van der Waals surface area contributed by atoms with Crippen LogP contribution in [0.2, 0.25) is 0 Å². The molecular formula is C14H23N3O2S. The highest BCUT2D eigenvalue weighted by Crippen LogP contribution is 2.19. The van der Waals surface area contributed by atoms with Gasteiger partial charge in [-0.05, 0) is 50.6 Å². The molecular weight excluding hydrogens is 274 g/mol. The largest absolute Gasteiger partial charge is 0.382 e. The summed E-state index contributed by atoms with van der Waals surface area (Å²) in [6.45, 7) is 5.51. The first-order valence-corrected chi connectivity index (χ1v) is 8.65. The topological polar surface area (TPSA) is 75.4 Å². The highest BCUT2D eigenvalue weighted by atomic mass is 32.2. The summed E-state index contributed by atoms with van der Waals surface area (Å²) in [7, 11) is -3.63. The lowest BCUT2D eigenvalue weighted by molar-refractivity contribution is 0.300. The molecule has 6 heteroatoms. The number of rotatable bonds is 4. The monoisotopic (exact) mass is 297 g/mol. The molecule has 1 aromatic carbocycles.